The fraction of sp³-hybridized carbons (Fsp3) is 0.588. The Hall–Kier alpha value is -1.55. The van der Waals surface area contributed by atoms with Crippen molar-refractivity contribution in [3.8, 4) is 0 Å². The molecule has 0 N–H and O–H groups in total. The average molecular weight is 290 g/mol. The molecule has 0 saturated carbocycles. The Morgan fingerprint density at radius 2 is 2.00 bits per heavy atom. The van der Waals surface area contributed by atoms with Gasteiger partial charge in [0, 0.05) is 38.4 Å². The molecule has 1 aliphatic rings. The lowest BCUT2D eigenvalue weighted by atomic mass is 10.1. The topological polar surface area (TPSA) is 32.8 Å². The Morgan fingerprint density at radius 1 is 1.29 bits per heavy atom. The second kappa shape index (κ2) is 7.46. The lowest BCUT2D eigenvalue weighted by Crippen LogP contribution is -2.48. The van der Waals surface area contributed by atoms with Crippen LogP contribution in [0.1, 0.15) is 19.4 Å². The van der Waals surface area contributed by atoms with Gasteiger partial charge in [-0.2, -0.15) is 0 Å². The Labute approximate surface area is 127 Å². The van der Waals surface area contributed by atoms with Crippen LogP contribution >= 0.6 is 0 Å². The number of rotatable bonds is 5. The van der Waals surface area contributed by atoms with Gasteiger partial charge in [0.15, 0.2) is 0 Å². The lowest BCUT2D eigenvalue weighted by molar-refractivity contribution is -0.148. The molecule has 1 heterocycles. The van der Waals surface area contributed by atoms with E-state index in [0.717, 1.165) is 32.7 Å². The van der Waals surface area contributed by atoms with Crippen LogP contribution in [0.3, 0.4) is 0 Å². The fourth-order valence-electron chi connectivity index (χ4n) is 2.76. The predicted molar refractivity (Wildman–Crippen MR) is 85.6 cm³/mol. The molecular weight excluding hydrogens is 264 g/mol. The maximum absolute atomic E-state index is 11.7. The van der Waals surface area contributed by atoms with Gasteiger partial charge in [-0.1, -0.05) is 19.1 Å². The van der Waals surface area contributed by atoms with Crippen molar-refractivity contribution in [3.05, 3.63) is 29.8 Å². The van der Waals surface area contributed by atoms with E-state index in [1.165, 1.54) is 11.3 Å². The zero-order valence-corrected chi connectivity index (χ0v) is 13.3. The second-order valence-electron chi connectivity index (χ2n) is 5.78. The largest absolute Gasteiger partial charge is 0.466 e. The first-order valence-electron chi connectivity index (χ1n) is 7.80. The molecule has 1 aliphatic heterocycles. The summed E-state index contributed by atoms with van der Waals surface area (Å²) in [5, 5.41) is 0. The third kappa shape index (κ3) is 4.46. The summed E-state index contributed by atoms with van der Waals surface area (Å²) < 4.78 is 5.07. The number of benzene rings is 1. The van der Waals surface area contributed by atoms with Crippen LogP contribution in [0, 0.1) is 12.8 Å². The number of nitrogens with zero attached hydrogens (tertiary/aromatic N) is 2. The first kappa shape index (κ1) is 15.8. The Kier molecular flexibility index (Phi) is 5.62. The van der Waals surface area contributed by atoms with Crippen molar-refractivity contribution in [1.82, 2.24) is 4.90 Å². The summed E-state index contributed by atoms with van der Waals surface area (Å²) in [7, 11) is 0. The number of aryl methyl sites for hydroxylation is 1. The van der Waals surface area contributed by atoms with Gasteiger partial charge < -0.3 is 9.64 Å². The van der Waals surface area contributed by atoms with Crippen LogP contribution in [-0.4, -0.2) is 50.2 Å². The summed E-state index contributed by atoms with van der Waals surface area (Å²) in [6.07, 6.45) is 0. The van der Waals surface area contributed by atoms with Crippen molar-refractivity contribution in [1.29, 1.82) is 0 Å². The molecule has 1 aromatic carbocycles. The highest BCUT2D eigenvalue weighted by molar-refractivity contribution is 5.72. The van der Waals surface area contributed by atoms with E-state index in [9.17, 15) is 4.79 Å². The molecule has 4 heteroatoms. The van der Waals surface area contributed by atoms with E-state index in [2.05, 4.69) is 41.0 Å². The van der Waals surface area contributed by atoms with Crippen molar-refractivity contribution in [2.45, 2.75) is 20.8 Å². The molecule has 0 radical (unpaired) electrons. The summed E-state index contributed by atoms with van der Waals surface area (Å²) in [6.45, 7) is 11.2. The molecule has 2 rings (SSSR count). The number of hydrogen-bond acceptors (Lipinski definition) is 4. The fourth-order valence-corrected chi connectivity index (χ4v) is 2.76. The number of piperazine rings is 1. The molecule has 0 unspecified atom stereocenters. The highest BCUT2D eigenvalue weighted by atomic mass is 16.5. The number of esters is 1. The molecule has 0 bridgehead atoms. The van der Waals surface area contributed by atoms with Gasteiger partial charge in [0.25, 0.3) is 0 Å². The van der Waals surface area contributed by atoms with Crippen LogP contribution in [0.4, 0.5) is 5.69 Å². The van der Waals surface area contributed by atoms with Gasteiger partial charge in [-0.05, 0) is 31.5 Å². The molecule has 4 nitrogen and oxygen atoms in total. The zero-order chi connectivity index (χ0) is 15.2. The summed E-state index contributed by atoms with van der Waals surface area (Å²) in [6, 6.07) is 8.64. The molecular formula is C17H26N2O2. The van der Waals surface area contributed by atoms with E-state index in [-0.39, 0.29) is 11.9 Å². The van der Waals surface area contributed by atoms with Gasteiger partial charge in [0.1, 0.15) is 0 Å². The third-order valence-corrected chi connectivity index (χ3v) is 3.96. The lowest BCUT2D eigenvalue weighted by Gasteiger charge is -2.37. The van der Waals surface area contributed by atoms with Gasteiger partial charge in [-0.25, -0.2) is 0 Å². The van der Waals surface area contributed by atoms with E-state index in [1.54, 1.807) is 0 Å². The van der Waals surface area contributed by atoms with Crippen LogP contribution in [0.5, 0.6) is 0 Å². The molecule has 0 amide bonds. The monoisotopic (exact) mass is 290 g/mol. The number of ether oxygens (including phenoxy) is 1. The Morgan fingerprint density at radius 3 is 2.62 bits per heavy atom. The summed E-state index contributed by atoms with van der Waals surface area (Å²) in [5.41, 5.74) is 2.60. The first-order valence-corrected chi connectivity index (χ1v) is 7.80. The first-order chi connectivity index (χ1) is 10.1. The minimum Gasteiger partial charge on any atom is -0.466 e. The van der Waals surface area contributed by atoms with Crippen molar-refractivity contribution in [2.24, 2.45) is 5.92 Å². The molecule has 21 heavy (non-hydrogen) atoms. The van der Waals surface area contributed by atoms with Gasteiger partial charge in [0.05, 0.1) is 12.5 Å². The van der Waals surface area contributed by atoms with Gasteiger partial charge in [-0.15, -0.1) is 0 Å². The van der Waals surface area contributed by atoms with E-state index in [4.69, 9.17) is 4.74 Å². The third-order valence-electron chi connectivity index (χ3n) is 3.96. The van der Waals surface area contributed by atoms with Crippen molar-refractivity contribution in [3.63, 3.8) is 0 Å². The molecule has 1 atom stereocenters. The maximum Gasteiger partial charge on any atom is 0.309 e. The highest BCUT2D eigenvalue weighted by Gasteiger charge is 2.22. The number of hydrogen-bond donors (Lipinski definition) is 0. The molecule has 1 aromatic rings. The van der Waals surface area contributed by atoms with E-state index >= 15 is 0 Å². The van der Waals surface area contributed by atoms with Crippen LogP contribution in [-0.2, 0) is 9.53 Å². The SMILES string of the molecule is CCOC(=O)[C@@H](C)CN1CCN(c2cccc(C)c2)CC1. The van der Waals surface area contributed by atoms with E-state index in [0.29, 0.717) is 6.61 Å². The summed E-state index contributed by atoms with van der Waals surface area (Å²) >= 11 is 0. The quantitative estimate of drug-likeness (QED) is 0.779. The second-order valence-corrected chi connectivity index (χ2v) is 5.78. The number of carbonyl (C=O) groups is 1. The average Bonchev–Trinajstić information content (AvgIpc) is 2.48. The molecule has 1 fully saturated rings. The van der Waals surface area contributed by atoms with Gasteiger partial charge >= 0.3 is 5.97 Å². The highest BCUT2D eigenvalue weighted by Crippen LogP contribution is 2.18. The molecule has 0 aromatic heterocycles. The van der Waals surface area contributed by atoms with E-state index in [1.807, 2.05) is 13.8 Å². The van der Waals surface area contributed by atoms with Gasteiger partial charge in [0.2, 0.25) is 0 Å². The minimum atomic E-state index is -0.0846. The van der Waals surface area contributed by atoms with Crippen molar-refractivity contribution < 1.29 is 9.53 Å². The van der Waals surface area contributed by atoms with Crippen LogP contribution in [0.15, 0.2) is 24.3 Å². The summed E-state index contributed by atoms with van der Waals surface area (Å²) in [4.78, 5) is 16.5. The predicted octanol–water partition coefficient (Wildman–Crippen LogP) is 2.32. The van der Waals surface area contributed by atoms with Crippen LogP contribution < -0.4 is 4.90 Å². The van der Waals surface area contributed by atoms with Gasteiger partial charge in [-0.3, -0.25) is 9.69 Å². The van der Waals surface area contributed by atoms with E-state index < -0.39 is 0 Å². The molecule has 1 saturated heterocycles. The van der Waals surface area contributed by atoms with Crippen molar-refractivity contribution in [2.75, 3.05) is 44.2 Å². The summed E-state index contributed by atoms with van der Waals surface area (Å²) in [5.74, 6) is -0.130. The molecule has 0 aliphatic carbocycles. The Balaban J connectivity index is 1.82. The maximum atomic E-state index is 11.7. The smallest absolute Gasteiger partial charge is 0.309 e. The number of carbonyl (C=O) groups excluding carboxylic acids is 1. The zero-order valence-electron chi connectivity index (χ0n) is 13.3. The number of anilines is 1. The standard InChI is InChI=1S/C17H26N2O2/c1-4-21-17(20)15(3)13-18-8-10-19(11-9-18)16-7-5-6-14(2)12-16/h5-7,12,15H,4,8-11,13H2,1-3H3/t15-/m0/s1. The van der Waals surface area contributed by atoms with Crippen molar-refractivity contribution >= 4 is 11.7 Å². The molecule has 116 valence electrons. The van der Waals surface area contributed by atoms with Crippen LogP contribution in [0.2, 0.25) is 0 Å². The Bertz CT molecular complexity index is 468. The van der Waals surface area contributed by atoms with Crippen LogP contribution in [0.25, 0.3) is 0 Å². The normalized spacial score (nSPS) is 17.6. The minimum absolute atomic E-state index is 0.0459. The molecule has 0 spiro atoms.